The average Bonchev–Trinajstić information content (AvgIpc) is 2.75. The summed E-state index contributed by atoms with van der Waals surface area (Å²) < 4.78 is 11.5. The molecule has 1 aromatic rings. The number of hydrogen-bond donors (Lipinski definition) is 1. The molecule has 1 aliphatic rings. The second-order valence-electron chi connectivity index (χ2n) is 5.89. The Balaban J connectivity index is 2.13. The van der Waals surface area contributed by atoms with Crippen LogP contribution < -0.4 is 14.8 Å². The van der Waals surface area contributed by atoms with Gasteiger partial charge in [0.15, 0.2) is 11.5 Å². The Hall–Kier alpha value is -1.22. The molecule has 0 radical (unpaired) electrons. The van der Waals surface area contributed by atoms with E-state index >= 15 is 0 Å². The van der Waals surface area contributed by atoms with Crippen molar-refractivity contribution in [3.63, 3.8) is 0 Å². The zero-order valence-corrected chi connectivity index (χ0v) is 13.7. The van der Waals surface area contributed by atoms with Crippen molar-refractivity contribution in [2.45, 2.75) is 58.4 Å². The summed E-state index contributed by atoms with van der Waals surface area (Å²) in [7, 11) is 0. The minimum absolute atomic E-state index is 0.480. The maximum atomic E-state index is 5.81. The third-order valence-electron chi connectivity index (χ3n) is 4.16. The number of ether oxygens (including phenoxy) is 2. The summed E-state index contributed by atoms with van der Waals surface area (Å²) in [5.41, 5.74) is 1.33. The van der Waals surface area contributed by atoms with Crippen LogP contribution in [0.1, 0.15) is 57.9 Å². The van der Waals surface area contributed by atoms with Crippen molar-refractivity contribution >= 4 is 0 Å². The molecule has 0 bridgehead atoms. The summed E-state index contributed by atoms with van der Waals surface area (Å²) >= 11 is 0. The molecule has 1 aliphatic heterocycles. The topological polar surface area (TPSA) is 30.5 Å². The SMILES string of the molecule is CCCNC(CCC)C(C)c1ccc2c(c1)OCCCO2. The molecule has 3 nitrogen and oxygen atoms in total. The van der Waals surface area contributed by atoms with E-state index in [2.05, 4.69) is 44.3 Å². The predicted octanol–water partition coefficient (Wildman–Crippen LogP) is 4.12. The fourth-order valence-corrected chi connectivity index (χ4v) is 2.86. The first-order valence-corrected chi connectivity index (χ1v) is 8.39. The molecule has 0 saturated heterocycles. The molecule has 0 fully saturated rings. The zero-order valence-electron chi connectivity index (χ0n) is 13.7. The molecule has 0 aliphatic carbocycles. The second-order valence-corrected chi connectivity index (χ2v) is 5.89. The third kappa shape index (κ3) is 4.37. The maximum Gasteiger partial charge on any atom is 0.161 e. The molecule has 0 spiro atoms. The molecule has 118 valence electrons. The Labute approximate surface area is 129 Å². The van der Waals surface area contributed by atoms with Gasteiger partial charge in [-0.2, -0.15) is 0 Å². The zero-order chi connectivity index (χ0) is 15.1. The summed E-state index contributed by atoms with van der Waals surface area (Å²) in [6, 6.07) is 6.95. The second kappa shape index (κ2) is 8.28. The van der Waals surface area contributed by atoms with Crippen molar-refractivity contribution < 1.29 is 9.47 Å². The van der Waals surface area contributed by atoms with Gasteiger partial charge in [-0.1, -0.05) is 33.3 Å². The van der Waals surface area contributed by atoms with Crippen molar-refractivity contribution in [1.82, 2.24) is 5.32 Å². The third-order valence-corrected chi connectivity index (χ3v) is 4.16. The van der Waals surface area contributed by atoms with Crippen LogP contribution in [0.15, 0.2) is 18.2 Å². The molecule has 3 heteroatoms. The molecule has 0 saturated carbocycles. The van der Waals surface area contributed by atoms with Crippen molar-refractivity contribution in [1.29, 1.82) is 0 Å². The molecule has 1 aromatic carbocycles. The van der Waals surface area contributed by atoms with E-state index in [4.69, 9.17) is 9.47 Å². The molecule has 0 aromatic heterocycles. The van der Waals surface area contributed by atoms with Crippen molar-refractivity contribution in [3.8, 4) is 11.5 Å². The van der Waals surface area contributed by atoms with Crippen molar-refractivity contribution in [2.75, 3.05) is 19.8 Å². The van der Waals surface area contributed by atoms with E-state index in [0.717, 1.165) is 37.7 Å². The molecule has 2 rings (SSSR count). The van der Waals surface area contributed by atoms with Crippen LogP contribution in [0.3, 0.4) is 0 Å². The lowest BCUT2D eigenvalue weighted by molar-refractivity contribution is 0.297. The monoisotopic (exact) mass is 291 g/mol. The lowest BCUT2D eigenvalue weighted by Crippen LogP contribution is -2.34. The van der Waals surface area contributed by atoms with Crippen LogP contribution in [0, 0.1) is 0 Å². The first kappa shape index (κ1) is 16.2. The van der Waals surface area contributed by atoms with E-state index in [0.29, 0.717) is 12.0 Å². The molecule has 2 unspecified atom stereocenters. The number of rotatable bonds is 7. The van der Waals surface area contributed by atoms with E-state index in [1.165, 1.54) is 24.8 Å². The quantitative estimate of drug-likeness (QED) is 0.819. The van der Waals surface area contributed by atoms with E-state index in [1.54, 1.807) is 0 Å². The van der Waals surface area contributed by atoms with E-state index in [-0.39, 0.29) is 0 Å². The highest BCUT2D eigenvalue weighted by atomic mass is 16.5. The van der Waals surface area contributed by atoms with Crippen molar-refractivity contribution in [2.24, 2.45) is 0 Å². The summed E-state index contributed by atoms with van der Waals surface area (Å²) in [6.45, 7) is 9.35. The lowest BCUT2D eigenvalue weighted by Gasteiger charge is -2.26. The molecule has 1 heterocycles. The maximum absolute atomic E-state index is 5.81. The Bertz CT molecular complexity index is 433. The average molecular weight is 291 g/mol. The largest absolute Gasteiger partial charge is 0.490 e. The normalized spacial score (nSPS) is 17.1. The molecule has 2 atom stereocenters. The fourth-order valence-electron chi connectivity index (χ4n) is 2.86. The number of fused-ring (bicyclic) bond motifs is 1. The minimum Gasteiger partial charge on any atom is -0.490 e. The summed E-state index contributed by atoms with van der Waals surface area (Å²) in [6.07, 6.45) is 4.54. The number of nitrogens with one attached hydrogen (secondary N) is 1. The Morgan fingerprint density at radius 2 is 1.86 bits per heavy atom. The molecular formula is C18H29NO2. The first-order chi connectivity index (χ1) is 10.3. The number of hydrogen-bond acceptors (Lipinski definition) is 3. The summed E-state index contributed by atoms with van der Waals surface area (Å²) in [5, 5.41) is 3.69. The van der Waals surface area contributed by atoms with Crippen LogP contribution in [0.4, 0.5) is 0 Å². The van der Waals surface area contributed by atoms with Crippen LogP contribution in [-0.2, 0) is 0 Å². The van der Waals surface area contributed by atoms with Crippen LogP contribution in [0.2, 0.25) is 0 Å². The first-order valence-electron chi connectivity index (χ1n) is 8.39. The van der Waals surface area contributed by atoms with E-state index in [1.807, 2.05) is 0 Å². The van der Waals surface area contributed by atoms with Crippen molar-refractivity contribution in [3.05, 3.63) is 23.8 Å². The van der Waals surface area contributed by atoms with Gasteiger partial charge in [0.2, 0.25) is 0 Å². The predicted molar refractivity (Wildman–Crippen MR) is 87.5 cm³/mol. The standard InChI is InChI=1S/C18H29NO2/c1-4-7-16(19-10-5-2)14(3)15-8-9-17-18(13-15)21-12-6-11-20-17/h8-9,13-14,16,19H,4-7,10-12H2,1-3H3. The van der Waals surface area contributed by atoms with Gasteiger partial charge in [-0.05, 0) is 43.0 Å². The highest BCUT2D eigenvalue weighted by Crippen LogP contribution is 2.34. The van der Waals surface area contributed by atoms with E-state index in [9.17, 15) is 0 Å². The van der Waals surface area contributed by atoms with Gasteiger partial charge in [0.05, 0.1) is 13.2 Å². The van der Waals surface area contributed by atoms with Crippen LogP contribution in [0.25, 0.3) is 0 Å². The molecule has 0 amide bonds. The Kier molecular flexibility index (Phi) is 6.37. The highest BCUT2D eigenvalue weighted by molar-refractivity contribution is 5.44. The summed E-state index contributed by atoms with van der Waals surface area (Å²) in [4.78, 5) is 0. The van der Waals surface area contributed by atoms with Crippen LogP contribution >= 0.6 is 0 Å². The summed E-state index contributed by atoms with van der Waals surface area (Å²) in [5.74, 6) is 2.27. The highest BCUT2D eigenvalue weighted by Gasteiger charge is 2.20. The van der Waals surface area contributed by atoms with Gasteiger partial charge in [-0.25, -0.2) is 0 Å². The Morgan fingerprint density at radius 1 is 1.10 bits per heavy atom. The van der Waals surface area contributed by atoms with Crippen LogP contribution in [-0.4, -0.2) is 25.8 Å². The lowest BCUT2D eigenvalue weighted by atomic mass is 9.90. The van der Waals surface area contributed by atoms with Gasteiger partial charge in [-0.15, -0.1) is 0 Å². The number of benzene rings is 1. The molecule has 21 heavy (non-hydrogen) atoms. The molecular weight excluding hydrogens is 262 g/mol. The van der Waals surface area contributed by atoms with Gasteiger partial charge in [0, 0.05) is 12.5 Å². The smallest absolute Gasteiger partial charge is 0.161 e. The molecule has 1 N–H and O–H groups in total. The van der Waals surface area contributed by atoms with Crippen LogP contribution in [0.5, 0.6) is 11.5 Å². The van der Waals surface area contributed by atoms with Gasteiger partial charge < -0.3 is 14.8 Å². The van der Waals surface area contributed by atoms with Gasteiger partial charge >= 0.3 is 0 Å². The minimum atomic E-state index is 0.480. The fraction of sp³-hybridized carbons (Fsp3) is 0.667. The van der Waals surface area contributed by atoms with Gasteiger partial charge in [0.25, 0.3) is 0 Å². The van der Waals surface area contributed by atoms with Gasteiger partial charge in [-0.3, -0.25) is 0 Å². The Morgan fingerprint density at radius 3 is 2.57 bits per heavy atom. The van der Waals surface area contributed by atoms with E-state index < -0.39 is 0 Å². The van der Waals surface area contributed by atoms with Gasteiger partial charge in [0.1, 0.15) is 0 Å².